The number of hydrogen-bond donors (Lipinski definition) is 1. The average Bonchev–Trinajstić information content (AvgIpc) is 2.47. The molecule has 4 nitrogen and oxygen atoms in total. The van der Waals surface area contributed by atoms with Gasteiger partial charge in [-0.3, -0.25) is 4.79 Å². The molecule has 1 saturated heterocycles. The van der Waals surface area contributed by atoms with Gasteiger partial charge in [-0.15, -0.1) is 0 Å². The molecule has 0 bridgehead atoms. The number of rotatable bonds is 4. The van der Waals surface area contributed by atoms with Gasteiger partial charge in [0.2, 0.25) is 5.91 Å². The number of benzene rings is 1. The Kier molecular flexibility index (Phi) is 4.88. The van der Waals surface area contributed by atoms with Crippen molar-refractivity contribution < 1.29 is 9.53 Å². The predicted molar refractivity (Wildman–Crippen MR) is 84.6 cm³/mol. The van der Waals surface area contributed by atoms with E-state index in [1.54, 1.807) is 0 Å². The van der Waals surface area contributed by atoms with Crippen molar-refractivity contribution in [3.63, 3.8) is 0 Å². The molecule has 1 fully saturated rings. The van der Waals surface area contributed by atoms with Crippen molar-refractivity contribution >= 4 is 5.91 Å². The van der Waals surface area contributed by atoms with Gasteiger partial charge in [0.05, 0.1) is 5.41 Å². The van der Waals surface area contributed by atoms with Crippen molar-refractivity contribution in [2.75, 3.05) is 32.8 Å². The molecule has 0 aliphatic carbocycles. The van der Waals surface area contributed by atoms with Crippen LogP contribution in [-0.4, -0.2) is 43.6 Å². The summed E-state index contributed by atoms with van der Waals surface area (Å²) in [4.78, 5) is 14.6. The van der Waals surface area contributed by atoms with Crippen LogP contribution in [0.15, 0.2) is 18.2 Å². The smallest absolute Gasteiger partial charge is 0.231 e. The largest absolute Gasteiger partial charge is 0.492 e. The molecule has 4 heteroatoms. The molecular weight excluding hydrogens is 264 g/mol. The Balaban J connectivity index is 2.01. The van der Waals surface area contributed by atoms with E-state index in [-0.39, 0.29) is 5.91 Å². The second-order valence-corrected chi connectivity index (χ2v) is 6.44. The minimum atomic E-state index is -0.508. The van der Waals surface area contributed by atoms with Crippen LogP contribution in [0.2, 0.25) is 0 Å². The quantitative estimate of drug-likeness (QED) is 0.924. The van der Waals surface area contributed by atoms with Gasteiger partial charge in [0.25, 0.3) is 0 Å². The van der Waals surface area contributed by atoms with Crippen molar-refractivity contribution in [3.8, 4) is 5.75 Å². The van der Waals surface area contributed by atoms with Gasteiger partial charge in [0.15, 0.2) is 0 Å². The van der Waals surface area contributed by atoms with Crippen LogP contribution in [0.5, 0.6) is 5.75 Å². The third-order valence-corrected chi connectivity index (χ3v) is 3.97. The van der Waals surface area contributed by atoms with Crippen molar-refractivity contribution in [3.05, 3.63) is 29.3 Å². The number of aryl methyl sites for hydroxylation is 2. The van der Waals surface area contributed by atoms with Crippen molar-refractivity contribution in [2.24, 2.45) is 5.41 Å². The van der Waals surface area contributed by atoms with E-state index in [2.05, 4.69) is 5.32 Å². The van der Waals surface area contributed by atoms with Gasteiger partial charge >= 0.3 is 0 Å². The number of piperazine rings is 1. The first-order valence-corrected chi connectivity index (χ1v) is 7.61. The Morgan fingerprint density at radius 2 is 1.81 bits per heavy atom. The van der Waals surface area contributed by atoms with E-state index in [1.165, 1.54) is 0 Å². The fourth-order valence-corrected chi connectivity index (χ4v) is 2.64. The fraction of sp³-hybridized carbons (Fsp3) is 0.588. The lowest BCUT2D eigenvalue weighted by Gasteiger charge is -2.34. The Morgan fingerprint density at radius 1 is 1.24 bits per heavy atom. The second-order valence-electron chi connectivity index (χ2n) is 6.44. The van der Waals surface area contributed by atoms with Gasteiger partial charge in [-0.1, -0.05) is 18.2 Å². The van der Waals surface area contributed by atoms with E-state index in [0.29, 0.717) is 6.61 Å². The highest BCUT2D eigenvalue weighted by molar-refractivity contribution is 5.82. The van der Waals surface area contributed by atoms with Crippen LogP contribution in [0, 0.1) is 19.3 Å². The number of para-hydroxylation sites is 1. The summed E-state index contributed by atoms with van der Waals surface area (Å²) < 4.78 is 5.98. The molecule has 0 atom stereocenters. The molecule has 0 aromatic heterocycles. The molecular formula is C17H26N2O2. The van der Waals surface area contributed by atoms with Crippen molar-refractivity contribution in [1.29, 1.82) is 0 Å². The molecule has 116 valence electrons. The first-order valence-electron chi connectivity index (χ1n) is 7.61. The van der Waals surface area contributed by atoms with Crippen LogP contribution < -0.4 is 10.1 Å². The molecule has 0 saturated carbocycles. The van der Waals surface area contributed by atoms with Gasteiger partial charge in [0.1, 0.15) is 12.4 Å². The van der Waals surface area contributed by atoms with Gasteiger partial charge in [-0.05, 0) is 38.8 Å². The number of nitrogens with zero attached hydrogens (tertiary/aromatic N) is 1. The van der Waals surface area contributed by atoms with Crippen LogP contribution in [0.4, 0.5) is 0 Å². The molecule has 0 radical (unpaired) electrons. The molecule has 2 rings (SSSR count). The zero-order valence-corrected chi connectivity index (χ0v) is 13.5. The van der Waals surface area contributed by atoms with Crippen molar-refractivity contribution in [2.45, 2.75) is 27.7 Å². The number of carbonyl (C=O) groups is 1. The standard InChI is InChI=1S/C17H26N2O2/c1-13-6-5-7-14(2)15(13)21-12-17(3,4)16(20)19-10-8-18-9-11-19/h5-7,18H,8-12H2,1-4H3. The summed E-state index contributed by atoms with van der Waals surface area (Å²) in [6.45, 7) is 11.7. The Bertz CT molecular complexity index is 485. The summed E-state index contributed by atoms with van der Waals surface area (Å²) in [5, 5.41) is 3.27. The van der Waals surface area contributed by atoms with E-state index in [0.717, 1.165) is 43.1 Å². The molecule has 0 unspecified atom stereocenters. The minimum absolute atomic E-state index is 0.176. The van der Waals surface area contributed by atoms with Crippen LogP contribution in [0.3, 0.4) is 0 Å². The van der Waals surface area contributed by atoms with Crippen LogP contribution in [0.1, 0.15) is 25.0 Å². The molecule has 1 N–H and O–H groups in total. The summed E-state index contributed by atoms with van der Waals surface area (Å²) in [5.74, 6) is 1.08. The predicted octanol–water partition coefficient (Wildman–Crippen LogP) is 2.14. The third kappa shape index (κ3) is 3.76. The number of carbonyl (C=O) groups excluding carboxylic acids is 1. The summed E-state index contributed by atoms with van der Waals surface area (Å²) >= 11 is 0. The van der Waals surface area contributed by atoms with Gasteiger partial charge < -0.3 is 15.0 Å². The highest BCUT2D eigenvalue weighted by Crippen LogP contribution is 2.26. The molecule has 1 aromatic rings. The molecule has 1 aliphatic rings. The number of hydrogen-bond acceptors (Lipinski definition) is 3. The zero-order chi connectivity index (χ0) is 15.5. The molecule has 1 amide bonds. The summed E-state index contributed by atoms with van der Waals surface area (Å²) in [7, 11) is 0. The molecule has 0 spiro atoms. The minimum Gasteiger partial charge on any atom is -0.492 e. The Hall–Kier alpha value is -1.55. The van der Waals surface area contributed by atoms with E-state index >= 15 is 0 Å². The van der Waals surface area contributed by atoms with Crippen molar-refractivity contribution in [1.82, 2.24) is 10.2 Å². The number of amides is 1. The van der Waals surface area contributed by atoms with Gasteiger partial charge in [-0.2, -0.15) is 0 Å². The highest BCUT2D eigenvalue weighted by atomic mass is 16.5. The highest BCUT2D eigenvalue weighted by Gasteiger charge is 2.33. The van der Waals surface area contributed by atoms with Crippen LogP contribution in [-0.2, 0) is 4.79 Å². The average molecular weight is 290 g/mol. The number of nitrogens with one attached hydrogen (secondary N) is 1. The molecule has 1 aromatic carbocycles. The molecule has 1 aliphatic heterocycles. The lowest BCUT2D eigenvalue weighted by atomic mass is 9.92. The maximum Gasteiger partial charge on any atom is 0.231 e. The van der Waals surface area contributed by atoms with E-state index in [4.69, 9.17) is 4.74 Å². The SMILES string of the molecule is Cc1cccc(C)c1OCC(C)(C)C(=O)N1CCNCC1. The third-order valence-electron chi connectivity index (χ3n) is 3.97. The first kappa shape index (κ1) is 15.8. The summed E-state index contributed by atoms with van der Waals surface area (Å²) in [6, 6.07) is 6.09. The van der Waals surface area contributed by atoms with Gasteiger partial charge in [0, 0.05) is 26.2 Å². The second kappa shape index (κ2) is 6.48. The Labute approximate surface area is 127 Å². The van der Waals surface area contributed by atoms with E-state index in [1.807, 2.05) is 50.8 Å². The monoisotopic (exact) mass is 290 g/mol. The topological polar surface area (TPSA) is 41.6 Å². The normalized spacial score (nSPS) is 15.9. The number of ether oxygens (including phenoxy) is 1. The van der Waals surface area contributed by atoms with Gasteiger partial charge in [-0.25, -0.2) is 0 Å². The fourth-order valence-electron chi connectivity index (χ4n) is 2.64. The zero-order valence-electron chi connectivity index (χ0n) is 13.5. The molecule has 1 heterocycles. The van der Waals surface area contributed by atoms with E-state index < -0.39 is 5.41 Å². The summed E-state index contributed by atoms with van der Waals surface area (Å²) in [5.41, 5.74) is 1.72. The maximum absolute atomic E-state index is 12.6. The summed E-state index contributed by atoms with van der Waals surface area (Å²) in [6.07, 6.45) is 0. The first-order chi connectivity index (χ1) is 9.92. The maximum atomic E-state index is 12.6. The molecule has 21 heavy (non-hydrogen) atoms. The van der Waals surface area contributed by atoms with Crippen LogP contribution >= 0.6 is 0 Å². The Morgan fingerprint density at radius 3 is 2.38 bits per heavy atom. The van der Waals surface area contributed by atoms with E-state index in [9.17, 15) is 4.79 Å². The van der Waals surface area contributed by atoms with Crippen LogP contribution in [0.25, 0.3) is 0 Å². The lowest BCUT2D eigenvalue weighted by molar-refractivity contribution is -0.142. The lowest BCUT2D eigenvalue weighted by Crippen LogP contribution is -2.51.